The zero-order valence-corrected chi connectivity index (χ0v) is 31.5. The SMILES string of the molecule is CCCCCCCCCCCCCCCCCCCC(O)C(O)C(CO)NC(=O)C(O)CCCCCCCCCCCCCCCC. The van der Waals surface area contributed by atoms with Gasteiger partial charge in [-0.15, -0.1) is 0 Å². The van der Waals surface area contributed by atoms with Gasteiger partial charge in [0.2, 0.25) is 5.91 Å². The van der Waals surface area contributed by atoms with Crippen molar-refractivity contribution in [3.63, 3.8) is 0 Å². The lowest BCUT2D eigenvalue weighted by Gasteiger charge is -2.27. The molecule has 0 saturated heterocycles. The highest BCUT2D eigenvalue weighted by atomic mass is 16.3. The molecule has 0 saturated carbocycles. The monoisotopic (exact) mass is 670 g/mol. The van der Waals surface area contributed by atoms with E-state index in [0.29, 0.717) is 12.8 Å². The Balaban J connectivity index is 3.73. The molecule has 0 aromatic heterocycles. The van der Waals surface area contributed by atoms with Crippen LogP contribution in [-0.4, -0.2) is 57.3 Å². The second-order valence-electron chi connectivity index (χ2n) is 14.7. The van der Waals surface area contributed by atoms with Gasteiger partial charge >= 0.3 is 0 Å². The van der Waals surface area contributed by atoms with Gasteiger partial charge in [-0.05, 0) is 12.8 Å². The van der Waals surface area contributed by atoms with Crippen molar-refractivity contribution in [1.82, 2.24) is 5.32 Å². The van der Waals surface area contributed by atoms with Gasteiger partial charge in [0.1, 0.15) is 12.2 Å². The Morgan fingerprint density at radius 3 is 1.02 bits per heavy atom. The number of nitrogens with one attached hydrogen (secondary N) is 1. The van der Waals surface area contributed by atoms with Crippen LogP contribution in [0.3, 0.4) is 0 Å². The van der Waals surface area contributed by atoms with Crippen molar-refractivity contribution in [2.24, 2.45) is 0 Å². The summed E-state index contributed by atoms with van der Waals surface area (Å²) >= 11 is 0. The fourth-order valence-electron chi connectivity index (χ4n) is 6.70. The van der Waals surface area contributed by atoms with E-state index in [9.17, 15) is 25.2 Å². The molecular weight excluding hydrogens is 586 g/mol. The van der Waals surface area contributed by atoms with E-state index >= 15 is 0 Å². The number of hydrogen-bond donors (Lipinski definition) is 5. The second-order valence-corrected chi connectivity index (χ2v) is 14.7. The maximum atomic E-state index is 12.5. The predicted molar refractivity (Wildman–Crippen MR) is 201 cm³/mol. The highest BCUT2D eigenvalue weighted by molar-refractivity contribution is 5.80. The Morgan fingerprint density at radius 2 is 0.723 bits per heavy atom. The normalized spacial score (nSPS) is 14.3. The van der Waals surface area contributed by atoms with Crippen LogP contribution in [0.4, 0.5) is 0 Å². The van der Waals surface area contributed by atoms with Gasteiger partial charge in [0.05, 0.1) is 18.8 Å². The van der Waals surface area contributed by atoms with Crippen molar-refractivity contribution in [3.8, 4) is 0 Å². The van der Waals surface area contributed by atoms with E-state index in [1.807, 2.05) is 0 Å². The van der Waals surface area contributed by atoms with Crippen molar-refractivity contribution in [2.45, 2.75) is 250 Å². The molecule has 0 aliphatic rings. The maximum absolute atomic E-state index is 12.5. The molecule has 0 aromatic rings. The zero-order chi connectivity index (χ0) is 34.6. The van der Waals surface area contributed by atoms with Gasteiger partial charge in [-0.1, -0.05) is 213 Å². The van der Waals surface area contributed by atoms with Crippen LogP contribution in [0.5, 0.6) is 0 Å². The van der Waals surface area contributed by atoms with Gasteiger partial charge in [0, 0.05) is 0 Å². The molecule has 4 unspecified atom stereocenters. The Bertz CT molecular complexity index is 633. The van der Waals surface area contributed by atoms with Gasteiger partial charge in [-0.25, -0.2) is 0 Å². The lowest BCUT2D eigenvalue weighted by atomic mass is 9.99. The van der Waals surface area contributed by atoms with E-state index in [-0.39, 0.29) is 0 Å². The Kier molecular flexibility index (Phi) is 36.0. The molecule has 47 heavy (non-hydrogen) atoms. The smallest absolute Gasteiger partial charge is 0.249 e. The number of aliphatic hydroxyl groups excluding tert-OH is 4. The van der Waals surface area contributed by atoms with Gasteiger partial charge in [-0.3, -0.25) is 4.79 Å². The average molecular weight is 670 g/mol. The van der Waals surface area contributed by atoms with Crippen molar-refractivity contribution in [2.75, 3.05) is 6.61 Å². The number of hydrogen-bond acceptors (Lipinski definition) is 5. The van der Waals surface area contributed by atoms with Gasteiger partial charge in [-0.2, -0.15) is 0 Å². The van der Waals surface area contributed by atoms with E-state index in [0.717, 1.165) is 38.5 Å². The number of rotatable bonds is 38. The quantitative estimate of drug-likeness (QED) is 0.0420. The standard InChI is InChI=1S/C41H83NO5/c1-3-5-7-9-11-13-15-17-19-20-21-23-24-26-28-30-32-34-38(44)40(46)37(36-43)42-41(47)39(45)35-33-31-29-27-25-22-18-16-14-12-10-8-6-4-2/h37-40,43-46H,3-36H2,1-2H3,(H,42,47). The third-order valence-corrected chi connectivity index (χ3v) is 10.1. The van der Waals surface area contributed by atoms with Gasteiger partial charge < -0.3 is 25.7 Å². The number of carbonyl (C=O) groups excluding carboxylic acids is 1. The van der Waals surface area contributed by atoms with Crippen LogP contribution in [0, 0.1) is 0 Å². The van der Waals surface area contributed by atoms with Gasteiger partial charge in [0.15, 0.2) is 0 Å². The van der Waals surface area contributed by atoms with Gasteiger partial charge in [0.25, 0.3) is 0 Å². The molecule has 282 valence electrons. The van der Waals surface area contributed by atoms with Crippen LogP contribution in [0.1, 0.15) is 226 Å². The summed E-state index contributed by atoms with van der Waals surface area (Å²) in [6.07, 6.45) is 36.9. The fourth-order valence-corrected chi connectivity index (χ4v) is 6.70. The summed E-state index contributed by atoms with van der Waals surface area (Å²) in [5, 5.41) is 43.6. The average Bonchev–Trinajstić information content (AvgIpc) is 3.07. The Labute approximate surface area is 292 Å². The fraction of sp³-hybridized carbons (Fsp3) is 0.976. The minimum absolute atomic E-state index is 0.375. The molecule has 0 spiro atoms. The minimum Gasteiger partial charge on any atom is -0.394 e. The third-order valence-electron chi connectivity index (χ3n) is 10.1. The second kappa shape index (κ2) is 36.6. The first-order valence-corrected chi connectivity index (χ1v) is 20.9. The summed E-state index contributed by atoms with van der Waals surface area (Å²) < 4.78 is 0. The van der Waals surface area contributed by atoms with E-state index in [2.05, 4.69) is 19.2 Å². The van der Waals surface area contributed by atoms with E-state index in [4.69, 9.17) is 0 Å². The largest absolute Gasteiger partial charge is 0.394 e. The summed E-state index contributed by atoms with van der Waals surface area (Å²) in [5.41, 5.74) is 0. The summed E-state index contributed by atoms with van der Waals surface area (Å²) in [6.45, 7) is 4.05. The molecular formula is C41H83NO5. The molecule has 0 heterocycles. The van der Waals surface area contributed by atoms with Crippen LogP contribution >= 0.6 is 0 Å². The zero-order valence-electron chi connectivity index (χ0n) is 31.5. The molecule has 0 aromatic carbocycles. The van der Waals surface area contributed by atoms with Crippen molar-refractivity contribution in [3.05, 3.63) is 0 Å². The number of carbonyl (C=O) groups is 1. The molecule has 0 bridgehead atoms. The molecule has 5 N–H and O–H groups in total. The highest BCUT2D eigenvalue weighted by Crippen LogP contribution is 2.17. The lowest BCUT2D eigenvalue weighted by molar-refractivity contribution is -0.132. The van der Waals surface area contributed by atoms with Crippen molar-refractivity contribution in [1.29, 1.82) is 0 Å². The molecule has 4 atom stereocenters. The van der Waals surface area contributed by atoms with Crippen LogP contribution in [0.25, 0.3) is 0 Å². The van der Waals surface area contributed by atoms with Crippen LogP contribution in [-0.2, 0) is 4.79 Å². The van der Waals surface area contributed by atoms with E-state index in [1.54, 1.807) is 0 Å². The van der Waals surface area contributed by atoms with Crippen LogP contribution in [0.2, 0.25) is 0 Å². The molecule has 0 radical (unpaired) electrons. The molecule has 1 amide bonds. The van der Waals surface area contributed by atoms with Crippen molar-refractivity contribution < 1.29 is 25.2 Å². The number of unbranched alkanes of at least 4 members (excludes halogenated alkanes) is 29. The maximum Gasteiger partial charge on any atom is 0.249 e. The molecule has 0 fully saturated rings. The highest BCUT2D eigenvalue weighted by Gasteiger charge is 2.28. The van der Waals surface area contributed by atoms with Crippen LogP contribution < -0.4 is 5.32 Å². The number of amides is 1. The minimum atomic E-state index is -1.25. The summed E-state index contributed by atoms with van der Waals surface area (Å²) in [7, 11) is 0. The molecule has 6 heteroatoms. The first kappa shape index (κ1) is 46.3. The lowest BCUT2D eigenvalue weighted by Crippen LogP contribution is -2.53. The summed E-state index contributed by atoms with van der Waals surface area (Å²) in [6, 6.07) is -0.978. The third kappa shape index (κ3) is 31.1. The summed E-state index contributed by atoms with van der Waals surface area (Å²) in [5.74, 6) is -0.581. The molecule has 0 aliphatic heterocycles. The van der Waals surface area contributed by atoms with E-state index in [1.165, 1.54) is 161 Å². The molecule has 0 rings (SSSR count). The topological polar surface area (TPSA) is 110 Å². The predicted octanol–water partition coefficient (Wildman–Crippen LogP) is 10.5. The van der Waals surface area contributed by atoms with Crippen molar-refractivity contribution >= 4 is 5.91 Å². The van der Waals surface area contributed by atoms with E-state index < -0.39 is 36.9 Å². The molecule has 0 aliphatic carbocycles. The number of aliphatic hydroxyl groups is 4. The summed E-state index contributed by atoms with van der Waals surface area (Å²) in [4.78, 5) is 12.5. The van der Waals surface area contributed by atoms with Crippen LogP contribution in [0.15, 0.2) is 0 Å². The Hall–Kier alpha value is -0.690. The first-order chi connectivity index (χ1) is 23.0. The first-order valence-electron chi connectivity index (χ1n) is 20.9. The Morgan fingerprint density at radius 1 is 0.447 bits per heavy atom. The molecule has 6 nitrogen and oxygen atoms in total.